The second-order valence-electron chi connectivity index (χ2n) is 8.08. The van der Waals surface area contributed by atoms with Gasteiger partial charge in [0.2, 0.25) is 5.95 Å². The molecular weight excluding hydrogens is 471 g/mol. The van der Waals surface area contributed by atoms with Gasteiger partial charge in [-0.3, -0.25) is 4.90 Å². The van der Waals surface area contributed by atoms with Crippen LogP contribution in [0.3, 0.4) is 0 Å². The number of thiazole rings is 1. The van der Waals surface area contributed by atoms with Crippen molar-refractivity contribution in [2.24, 2.45) is 0 Å². The molecule has 1 aromatic carbocycles. The molecule has 3 heterocycles. The summed E-state index contributed by atoms with van der Waals surface area (Å²) in [5, 5.41) is 15.7. The Balaban J connectivity index is 1.45. The minimum Gasteiger partial charge on any atom is -0.371 e. The summed E-state index contributed by atoms with van der Waals surface area (Å²) in [5.74, 6) is -0.535. The number of rotatable bonds is 9. The first kappa shape index (κ1) is 24.2. The van der Waals surface area contributed by atoms with Crippen molar-refractivity contribution in [2.45, 2.75) is 4.90 Å². The van der Waals surface area contributed by atoms with Crippen molar-refractivity contribution < 1.29 is 4.39 Å². The number of nitrogens with zero attached hydrogens (tertiary/aromatic N) is 6. The van der Waals surface area contributed by atoms with E-state index in [2.05, 4.69) is 42.9 Å². The van der Waals surface area contributed by atoms with E-state index in [0.717, 1.165) is 49.3 Å². The quantitative estimate of drug-likeness (QED) is 0.335. The number of benzene rings is 1. The van der Waals surface area contributed by atoms with Gasteiger partial charge in [-0.2, -0.15) is 9.65 Å². The first-order valence-electron chi connectivity index (χ1n) is 10.9. The van der Waals surface area contributed by atoms with Crippen LogP contribution in [0, 0.1) is 17.3 Å². The van der Waals surface area contributed by atoms with Gasteiger partial charge >= 0.3 is 0 Å². The molecule has 3 aromatic rings. The fourth-order valence-electron chi connectivity index (χ4n) is 3.63. The van der Waals surface area contributed by atoms with Crippen LogP contribution in [0.5, 0.6) is 0 Å². The van der Waals surface area contributed by atoms with E-state index in [9.17, 15) is 9.65 Å². The van der Waals surface area contributed by atoms with Crippen LogP contribution in [0.4, 0.5) is 26.6 Å². The SMILES string of the molecule is CN1CCN(CCN(C)c2cc(F)ncc2Nc2ccc(SNc3nccs3)cc2C#N)CC1. The van der Waals surface area contributed by atoms with E-state index in [-0.39, 0.29) is 0 Å². The molecule has 4 rings (SSSR count). The van der Waals surface area contributed by atoms with Crippen LogP contribution in [-0.4, -0.2) is 73.1 Å². The summed E-state index contributed by atoms with van der Waals surface area (Å²) < 4.78 is 17.2. The normalized spacial score (nSPS) is 14.5. The van der Waals surface area contributed by atoms with E-state index in [1.54, 1.807) is 12.3 Å². The second kappa shape index (κ2) is 11.5. The Kier molecular flexibility index (Phi) is 8.18. The number of halogens is 1. The standard InChI is InChI=1S/C23H27FN8S2/c1-30-6-9-32(10-7-30)11-8-31(2)21-14-22(24)27-16-20(21)28-19-4-3-18(13-17(19)15-25)34-29-23-26-5-12-33-23/h3-5,12-14,16,28H,6-11H2,1-2H3,(H,26,29). The molecule has 1 fully saturated rings. The van der Waals surface area contributed by atoms with Gasteiger partial charge in [-0.15, -0.1) is 11.3 Å². The molecule has 0 saturated carbocycles. The zero-order valence-corrected chi connectivity index (χ0v) is 20.8. The Morgan fingerprint density at radius 2 is 2.03 bits per heavy atom. The Morgan fingerprint density at radius 1 is 1.21 bits per heavy atom. The van der Waals surface area contributed by atoms with Crippen molar-refractivity contribution in [3.05, 3.63) is 53.6 Å². The molecule has 2 aromatic heterocycles. The van der Waals surface area contributed by atoms with Gasteiger partial charge in [-0.1, -0.05) is 0 Å². The molecule has 0 atom stereocenters. The number of hydrogen-bond donors (Lipinski definition) is 2. The lowest BCUT2D eigenvalue weighted by molar-refractivity contribution is 0.157. The van der Waals surface area contributed by atoms with Crippen LogP contribution in [0.15, 0.2) is 46.9 Å². The molecule has 0 bridgehead atoms. The van der Waals surface area contributed by atoms with Crippen molar-refractivity contribution in [3.8, 4) is 6.07 Å². The molecule has 0 spiro atoms. The van der Waals surface area contributed by atoms with Crippen molar-refractivity contribution in [3.63, 3.8) is 0 Å². The third kappa shape index (κ3) is 6.36. The Morgan fingerprint density at radius 3 is 2.76 bits per heavy atom. The summed E-state index contributed by atoms with van der Waals surface area (Å²) in [6, 6.07) is 9.25. The first-order valence-corrected chi connectivity index (χ1v) is 12.6. The zero-order valence-electron chi connectivity index (χ0n) is 19.2. The van der Waals surface area contributed by atoms with Crippen LogP contribution in [0.1, 0.15) is 5.56 Å². The second-order valence-corrected chi connectivity index (χ2v) is 9.85. The molecule has 178 valence electrons. The van der Waals surface area contributed by atoms with E-state index >= 15 is 0 Å². The molecule has 1 aliphatic heterocycles. The number of piperazine rings is 1. The third-order valence-electron chi connectivity index (χ3n) is 5.68. The van der Waals surface area contributed by atoms with Gasteiger partial charge in [-0.05, 0) is 37.2 Å². The van der Waals surface area contributed by atoms with E-state index in [0.29, 0.717) is 22.6 Å². The number of hydrogen-bond acceptors (Lipinski definition) is 10. The number of anilines is 4. The number of nitrogens with one attached hydrogen (secondary N) is 2. The lowest BCUT2D eigenvalue weighted by Gasteiger charge is -2.34. The summed E-state index contributed by atoms with van der Waals surface area (Å²) >= 11 is 2.90. The molecule has 0 amide bonds. The van der Waals surface area contributed by atoms with Gasteiger partial charge in [0.1, 0.15) is 6.07 Å². The lowest BCUT2D eigenvalue weighted by Crippen LogP contribution is -2.46. The third-order valence-corrected chi connectivity index (χ3v) is 7.28. The highest BCUT2D eigenvalue weighted by molar-refractivity contribution is 8.00. The molecule has 0 aliphatic carbocycles. The molecule has 1 aliphatic rings. The molecule has 1 saturated heterocycles. The van der Waals surface area contributed by atoms with Crippen molar-refractivity contribution >= 4 is 45.5 Å². The molecule has 0 radical (unpaired) electrons. The fraction of sp³-hybridized carbons (Fsp3) is 0.348. The Bertz CT molecular complexity index is 1130. The average Bonchev–Trinajstić information content (AvgIpc) is 3.37. The van der Waals surface area contributed by atoms with E-state index < -0.39 is 5.95 Å². The van der Waals surface area contributed by atoms with E-state index in [1.165, 1.54) is 35.5 Å². The van der Waals surface area contributed by atoms with Crippen LogP contribution in [0.2, 0.25) is 0 Å². The molecule has 34 heavy (non-hydrogen) atoms. The number of nitriles is 1. The number of likely N-dealkylation sites (N-methyl/N-ethyl adjacent to an activating group) is 2. The Hall–Kier alpha value is -2.91. The van der Waals surface area contributed by atoms with E-state index in [4.69, 9.17) is 0 Å². The van der Waals surface area contributed by atoms with Crippen LogP contribution >= 0.6 is 23.3 Å². The molecular formula is C23H27FN8S2. The highest BCUT2D eigenvalue weighted by Crippen LogP contribution is 2.32. The minimum absolute atomic E-state index is 0.487. The minimum atomic E-state index is -0.535. The fourth-order valence-corrected chi connectivity index (χ4v) is 4.89. The maximum atomic E-state index is 14.0. The maximum Gasteiger partial charge on any atom is 0.215 e. The van der Waals surface area contributed by atoms with E-state index in [1.807, 2.05) is 29.5 Å². The molecule has 0 unspecified atom stereocenters. The molecule has 8 nitrogen and oxygen atoms in total. The zero-order chi connectivity index (χ0) is 23.9. The van der Waals surface area contributed by atoms with Gasteiger partial charge in [0.05, 0.1) is 28.8 Å². The van der Waals surface area contributed by atoms with Gasteiger partial charge in [0, 0.05) is 68.9 Å². The molecule has 2 N–H and O–H groups in total. The summed E-state index contributed by atoms with van der Waals surface area (Å²) in [6.45, 7) is 5.84. The smallest absolute Gasteiger partial charge is 0.215 e. The van der Waals surface area contributed by atoms with Gasteiger partial charge < -0.3 is 19.8 Å². The van der Waals surface area contributed by atoms with Crippen molar-refractivity contribution in [2.75, 3.05) is 68.3 Å². The first-order chi connectivity index (χ1) is 16.5. The van der Waals surface area contributed by atoms with Gasteiger partial charge in [0.15, 0.2) is 5.13 Å². The van der Waals surface area contributed by atoms with Crippen molar-refractivity contribution in [1.29, 1.82) is 5.26 Å². The average molecular weight is 499 g/mol. The summed E-state index contributed by atoms with van der Waals surface area (Å²) in [4.78, 5) is 15.7. The summed E-state index contributed by atoms with van der Waals surface area (Å²) in [7, 11) is 4.09. The highest BCUT2D eigenvalue weighted by Gasteiger charge is 2.16. The van der Waals surface area contributed by atoms with Crippen molar-refractivity contribution in [1.82, 2.24) is 19.8 Å². The van der Waals surface area contributed by atoms with Gasteiger partial charge in [0.25, 0.3) is 0 Å². The van der Waals surface area contributed by atoms with Gasteiger partial charge in [-0.25, -0.2) is 9.97 Å². The predicted octanol–water partition coefficient (Wildman–Crippen LogP) is 4.10. The summed E-state index contributed by atoms with van der Waals surface area (Å²) in [5.41, 5.74) is 2.49. The Labute approximate surface area is 207 Å². The predicted molar refractivity (Wildman–Crippen MR) is 137 cm³/mol. The summed E-state index contributed by atoms with van der Waals surface area (Å²) in [6.07, 6.45) is 3.21. The maximum absolute atomic E-state index is 14.0. The number of pyridine rings is 1. The lowest BCUT2D eigenvalue weighted by atomic mass is 10.2. The van der Waals surface area contributed by atoms with Crippen LogP contribution in [0.25, 0.3) is 0 Å². The molecule has 11 heteroatoms. The highest BCUT2D eigenvalue weighted by atomic mass is 32.2. The largest absolute Gasteiger partial charge is 0.371 e. The topological polar surface area (TPSA) is 83.3 Å². The number of aromatic nitrogens is 2. The van der Waals surface area contributed by atoms with Crippen LogP contribution < -0.4 is 14.9 Å². The monoisotopic (exact) mass is 498 g/mol. The van der Waals surface area contributed by atoms with Crippen LogP contribution in [-0.2, 0) is 0 Å².